The molecule has 0 radical (unpaired) electrons. The zero-order valence-electron chi connectivity index (χ0n) is 14.0. The van der Waals surface area contributed by atoms with Crippen molar-refractivity contribution in [1.29, 1.82) is 0 Å². The predicted octanol–water partition coefficient (Wildman–Crippen LogP) is 4.01. The van der Waals surface area contributed by atoms with Crippen molar-refractivity contribution >= 4 is 5.69 Å². The molecular weight excluding hydrogens is 268 g/mol. The van der Waals surface area contributed by atoms with E-state index in [1.54, 1.807) is 0 Å². The second-order valence-corrected chi connectivity index (χ2v) is 6.00. The van der Waals surface area contributed by atoms with Crippen molar-refractivity contribution in [3.63, 3.8) is 0 Å². The molecule has 0 aliphatic rings. The molecule has 0 bridgehead atoms. The number of rotatable bonds is 7. The average molecular weight is 296 g/mol. The monoisotopic (exact) mass is 296 g/mol. The maximum absolute atomic E-state index is 5.89. The van der Waals surface area contributed by atoms with E-state index in [0.29, 0.717) is 12.6 Å². The highest BCUT2D eigenvalue weighted by Gasteiger charge is 2.15. The second kappa shape index (κ2) is 8.00. The second-order valence-electron chi connectivity index (χ2n) is 6.00. The largest absolute Gasteiger partial charge is 0.369 e. The van der Waals surface area contributed by atoms with Crippen molar-refractivity contribution < 1.29 is 0 Å². The Kier molecular flexibility index (Phi) is 6.02. The number of nitrogens with zero attached hydrogens (tertiary/aromatic N) is 1. The molecule has 2 aromatic rings. The molecule has 2 rings (SSSR count). The third-order valence-electron chi connectivity index (χ3n) is 4.15. The molecule has 0 spiro atoms. The van der Waals surface area contributed by atoms with Crippen LogP contribution < -0.4 is 10.6 Å². The van der Waals surface area contributed by atoms with Gasteiger partial charge in [0.2, 0.25) is 0 Å². The van der Waals surface area contributed by atoms with E-state index in [1.165, 1.54) is 22.4 Å². The summed E-state index contributed by atoms with van der Waals surface area (Å²) in [5.41, 5.74) is 11.4. The van der Waals surface area contributed by atoms with Crippen molar-refractivity contribution in [3.8, 4) is 0 Å². The van der Waals surface area contributed by atoms with Crippen LogP contribution in [0, 0.1) is 0 Å². The quantitative estimate of drug-likeness (QED) is 0.836. The molecule has 0 aromatic heterocycles. The third-order valence-corrected chi connectivity index (χ3v) is 4.15. The highest BCUT2D eigenvalue weighted by Crippen LogP contribution is 2.27. The van der Waals surface area contributed by atoms with E-state index >= 15 is 0 Å². The summed E-state index contributed by atoms with van der Waals surface area (Å²) in [6, 6.07) is 17.8. The molecule has 0 atom stereocenters. The zero-order valence-corrected chi connectivity index (χ0v) is 14.0. The van der Waals surface area contributed by atoms with Crippen LogP contribution >= 0.6 is 0 Å². The molecule has 2 aromatic carbocycles. The van der Waals surface area contributed by atoms with E-state index in [4.69, 9.17) is 5.73 Å². The number of hydrogen-bond donors (Lipinski definition) is 1. The fraction of sp³-hybridized carbons (Fsp3) is 0.400. The average Bonchev–Trinajstić information content (AvgIpc) is 2.51. The first-order valence-electron chi connectivity index (χ1n) is 8.28. The molecule has 2 nitrogen and oxygen atoms in total. The Morgan fingerprint density at radius 3 is 2.32 bits per heavy atom. The Bertz CT molecular complexity index is 576. The summed E-state index contributed by atoms with van der Waals surface area (Å²) in [6.45, 7) is 8.42. The molecule has 0 heterocycles. The van der Waals surface area contributed by atoms with Crippen LogP contribution in [0.25, 0.3) is 0 Å². The normalized spacial score (nSPS) is 11.0. The lowest BCUT2D eigenvalue weighted by atomic mass is 9.95. The van der Waals surface area contributed by atoms with Gasteiger partial charge in [-0.2, -0.15) is 0 Å². The van der Waals surface area contributed by atoms with Crippen LogP contribution in [-0.2, 0) is 12.8 Å². The lowest BCUT2D eigenvalue weighted by Crippen LogP contribution is -2.31. The van der Waals surface area contributed by atoms with E-state index in [1.807, 2.05) is 0 Å². The lowest BCUT2D eigenvalue weighted by Gasteiger charge is -2.31. The number of hydrogen-bond acceptors (Lipinski definition) is 2. The van der Waals surface area contributed by atoms with Gasteiger partial charge in [-0.3, -0.25) is 0 Å². The summed E-state index contributed by atoms with van der Waals surface area (Å²) in [7, 11) is 0. The minimum absolute atomic E-state index is 0.494. The molecule has 0 amide bonds. The molecule has 0 aliphatic carbocycles. The predicted molar refractivity (Wildman–Crippen MR) is 96.6 cm³/mol. The standard InChI is InChI=1S/C20H28N2/c1-4-22(16(2)3)20-12-8-11-18(19(20)13-14-21)15-17-9-6-5-7-10-17/h5-12,16H,4,13-15,21H2,1-3H3. The van der Waals surface area contributed by atoms with E-state index in [9.17, 15) is 0 Å². The van der Waals surface area contributed by atoms with Gasteiger partial charge in [-0.05, 0) is 62.9 Å². The van der Waals surface area contributed by atoms with Gasteiger partial charge < -0.3 is 10.6 Å². The topological polar surface area (TPSA) is 29.3 Å². The first-order valence-corrected chi connectivity index (χ1v) is 8.28. The smallest absolute Gasteiger partial charge is 0.0404 e. The number of anilines is 1. The maximum atomic E-state index is 5.89. The van der Waals surface area contributed by atoms with Gasteiger partial charge in [0.15, 0.2) is 0 Å². The highest BCUT2D eigenvalue weighted by molar-refractivity contribution is 5.58. The summed E-state index contributed by atoms with van der Waals surface area (Å²) < 4.78 is 0. The molecule has 0 fully saturated rings. The van der Waals surface area contributed by atoms with Gasteiger partial charge >= 0.3 is 0 Å². The molecule has 2 heteroatoms. The summed E-state index contributed by atoms with van der Waals surface area (Å²) in [5.74, 6) is 0. The molecule has 0 aliphatic heterocycles. The molecule has 118 valence electrons. The van der Waals surface area contributed by atoms with E-state index in [2.05, 4.69) is 74.2 Å². The molecular formula is C20H28N2. The van der Waals surface area contributed by atoms with Crippen molar-refractivity contribution in [1.82, 2.24) is 0 Å². The Morgan fingerprint density at radius 1 is 1.00 bits per heavy atom. The van der Waals surface area contributed by atoms with Gasteiger partial charge in [0, 0.05) is 18.3 Å². The molecule has 22 heavy (non-hydrogen) atoms. The summed E-state index contributed by atoms with van der Waals surface area (Å²) in [6.07, 6.45) is 1.90. The van der Waals surface area contributed by atoms with Gasteiger partial charge in [0.05, 0.1) is 0 Å². The zero-order chi connectivity index (χ0) is 15.9. The number of nitrogens with two attached hydrogens (primary N) is 1. The van der Waals surface area contributed by atoms with Crippen LogP contribution in [0.1, 0.15) is 37.5 Å². The van der Waals surface area contributed by atoms with Gasteiger partial charge in [-0.1, -0.05) is 42.5 Å². The van der Waals surface area contributed by atoms with Crippen LogP contribution in [0.4, 0.5) is 5.69 Å². The molecule has 0 unspecified atom stereocenters. The van der Waals surface area contributed by atoms with Crippen LogP contribution in [0.2, 0.25) is 0 Å². The third kappa shape index (κ3) is 3.89. The fourth-order valence-corrected chi connectivity index (χ4v) is 3.12. The maximum Gasteiger partial charge on any atom is 0.0404 e. The Balaban J connectivity index is 2.41. The first kappa shape index (κ1) is 16.6. The molecule has 0 saturated carbocycles. The van der Waals surface area contributed by atoms with Gasteiger partial charge in [0.1, 0.15) is 0 Å². The van der Waals surface area contributed by atoms with Crippen LogP contribution in [-0.4, -0.2) is 19.1 Å². The summed E-state index contributed by atoms with van der Waals surface area (Å²) in [5, 5.41) is 0. The van der Waals surface area contributed by atoms with Crippen molar-refractivity contribution in [3.05, 3.63) is 65.2 Å². The van der Waals surface area contributed by atoms with Crippen LogP contribution in [0.5, 0.6) is 0 Å². The Labute approximate surface area is 135 Å². The fourth-order valence-electron chi connectivity index (χ4n) is 3.12. The summed E-state index contributed by atoms with van der Waals surface area (Å²) in [4.78, 5) is 2.46. The Morgan fingerprint density at radius 2 is 1.73 bits per heavy atom. The molecule has 0 saturated heterocycles. The minimum atomic E-state index is 0.494. The van der Waals surface area contributed by atoms with E-state index in [-0.39, 0.29) is 0 Å². The van der Waals surface area contributed by atoms with Crippen LogP contribution in [0.15, 0.2) is 48.5 Å². The van der Waals surface area contributed by atoms with Gasteiger partial charge in [-0.25, -0.2) is 0 Å². The van der Waals surface area contributed by atoms with E-state index < -0.39 is 0 Å². The van der Waals surface area contributed by atoms with Crippen LogP contribution in [0.3, 0.4) is 0 Å². The lowest BCUT2D eigenvalue weighted by molar-refractivity contribution is 0.698. The van der Waals surface area contributed by atoms with Crippen molar-refractivity contribution in [2.45, 2.75) is 39.7 Å². The minimum Gasteiger partial charge on any atom is -0.369 e. The van der Waals surface area contributed by atoms with Crippen molar-refractivity contribution in [2.24, 2.45) is 5.73 Å². The van der Waals surface area contributed by atoms with E-state index in [0.717, 1.165) is 19.4 Å². The van der Waals surface area contributed by atoms with Gasteiger partial charge in [0.25, 0.3) is 0 Å². The Hall–Kier alpha value is -1.80. The number of benzene rings is 2. The van der Waals surface area contributed by atoms with Gasteiger partial charge in [-0.15, -0.1) is 0 Å². The van der Waals surface area contributed by atoms with Crippen molar-refractivity contribution in [2.75, 3.05) is 18.0 Å². The summed E-state index contributed by atoms with van der Waals surface area (Å²) >= 11 is 0. The molecule has 2 N–H and O–H groups in total. The highest BCUT2D eigenvalue weighted by atomic mass is 15.1. The SMILES string of the molecule is CCN(c1cccc(Cc2ccccc2)c1CCN)C(C)C. The first-order chi connectivity index (χ1) is 10.7.